The van der Waals surface area contributed by atoms with Crippen molar-refractivity contribution in [2.24, 2.45) is 5.73 Å². The van der Waals surface area contributed by atoms with E-state index in [2.05, 4.69) is 15.3 Å². The van der Waals surface area contributed by atoms with Crippen LogP contribution in [0, 0.1) is 0 Å². The van der Waals surface area contributed by atoms with Crippen LogP contribution in [0.1, 0.15) is 12.1 Å². The van der Waals surface area contributed by atoms with E-state index < -0.39 is 24.0 Å². The number of rotatable bonds is 7. The Kier molecular flexibility index (Phi) is 5.28. The standard InChI is InChI=1S/C10H16N4O4/c11-2-1-8(15)9(16)14-7(10(17)18)3-6-4-12-5-13-6/h4-5,7-8,15H,1-3,11H2,(H,12,13)(H,14,16)(H,17,18). The summed E-state index contributed by atoms with van der Waals surface area (Å²) in [6, 6.07) is -1.12. The lowest BCUT2D eigenvalue weighted by atomic mass is 10.1. The van der Waals surface area contributed by atoms with Gasteiger partial charge in [0.1, 0.15) is 12.1 Å². The van der Waals surface area contributed by atoms with Crippen LogP contribution in [0.3, 0.4) is 0 Å². The second-order valence-corrected chi connectivity index (χ2v) is 3.77. The number of aromatic nitrogens is 2. The number of imidazole rings is 1. The summed E-state index contributed by atoms with van der Waals surface area (Å²) in [5, 5.41) is 20.6. The van der Waals surface area contributed by atoms with E-state index in [1.54, 1.807) is 0 Å². The van der Waals surface area contributed by atoms with Crippen LogP contribution in [-0.4, -0.2) is 50.7 Å². The van der Waals surface area contributed by atoms with Crippen molar-refractivity contribution < 1.29 is 19.8 Å². The topological polar surface area (TPSA) is 141 Å². The summed E-state index contributed by atoms with van der Waals surface area (Å²) in [6.45, 7) is 0.146. The molecule has 0 aromatic carbocycles. The van der Waals surface area contributed by atoms with Crippen LogP contribution >= 0.6 is 0 Å². The Labute approximate surface area is 103 Å². The van der Waals surface area contributed by atoms with Gasteiger partial charge in [0, 0.05) is 18.3 Å². The highest BCUT2D eigenvalue weighted by Crippen LogP contribution is 2.00. The summed E-state index contributed by atoms with van der Waals surface area (Å²) >= 11 is 0. The molecule has 1 heterocycles. The van der Waals surface area contributed by atoms with Crippen molar-refractivity contribution in [2.75, 3.05) is 6.54 Å². The molecule has 0 aliphatic heterocycles. The number of hydrogen-bond donors (Lipinski definition) is 5. The summed E-state index contributed by atoms with van der Waals surface area (Å²) in [6.07, 6.45) is 1.75. The first kappa shape index (κ1) is 14.1. The van der Waals surface area contributed by atoms with Gasteiger partial charge in [-0.1, -0.05) is 0 Å². The Hall–Kier alpha value is -1.93. The zero-order valence-corrected chi connectivity index (χ0v) is 9.67. The minimum absolute atomic E-state index is 0.0659. The van der Waals surface area contributed by atoms with E-state index in [4.69, 9.17) is 10.8 Å². The van der Waals surface area contributed by atoms with Gasteiger partial charge in [-0.3, -0.25) is 4.79 Å². The third kappa shape index (κ3) is 4.15. The number of hydrogen-bond acceptors (Lipinski definition) is 5. The Morgan fingerprint density at radius 2 is 2.28 bits per heavy atom. The number of amides is 1. The highest BCUT2D eigenvalue weighted by Gasteiger charge is 2.24. The Bertz CT molecular complexity index is 393. The molecule has 0 saturated heterocycles. The van der Waals surface area contributed by atoms with E-state index in [-0.39, 0.29) is 19.4 Å². The number of carbonyl (C=O) groups excluding carboxylic acids is 1. The third-order valence-electron chi connectivity index (χ3n) is 2.34. The van der Waals surface area contributed by atoms with Crippen molar-refractivity contribution in [3.63, 3.8) is 0 Å². The SMILES string of the molecule is NCCC(O)C(=O)NC(Cc1cnc[nH]1)C(=O)O. The van der Waals surface area contributed by atoms with Crippen molar-refractivity contribution in [2.45, 2.75) is 25.0 Å². The first-order valence-electron chi connectivity index (χ1n) is 5.43. The molecule has 0 aliphatic carbocycles. The molecule has 100 valence electrons. The Morgan fingerprint density at radius 1 is 1.56 bits per heavy atom. The summed E-state index contributed by atoms with van der Waals surface area (Å²) in [5.41, 5.74) is 5.78. The molecule has 0 bridgehead atoms. The number of H-pyrrole nitrogens is 1. The van der Waals surface area contributed by atoms with Gasteiger partial charge in [0.05, 0.1) is 6.33 Å². The number of aliphatic carboxylic acids is 1. The molecule has 0 spiro atoms. The molecule has 2 atom stereocenters. The highest BCUT2D eigenvalue weighted by molar-refractivity contribution is 5.86. The number of carboxylic acid groups (broad SMARTS) is 1. The molecular formula is C10H16N4O4. The predicted molar refractivity (Wildman–Crippen MR) is 61.5 cm³/mol. The van der Waals surface area contributed by atoms with E-state index >= 15 is 0 Å². The van der Waals surface area contributed by atoms with Crippen LogP contribution in [0.5, 0.6) is 0 Å². The Balaban J connectivity index is 2.58. The zero-order valence-electron chi connectivity index (χ0n) is 9.67. The van der Waals surface area contributed by atoms with Crippen LogP contribution in [0.2, 0.25) is 0 Å². The molecule has 18 heavy (non-hydrogen) atoms. The monoisotopic (exact) mass is 256 g/mol. The maximum Gasteiger partial charge on any atom is 0.326 e. The van der Waals surface area contributed by atoms with Gasteiger partial charge in [-0.05, 0) is 13.0 Å². The number of aliphatic hydroxyl groups excluding tert-OH is 1. The molecule has 0 radical (unpaired) electrons. The van der Waals surface area contributed by atoms with Crippen LogP contribution in [0.15, 0.2) is 12.5 Å². The molecule has 1 aromatic rings. The summed E-state index contributed by atoms with van der Waals surface area (Å²) in [5.74, 6) is -1.93. The molecule has 8 heteroatoms. The summed E-state index contributed by atoms with van der Waals surface area (Å²) < 4.78 is 0. The van der Waals surface area contributed by atoms with Crippen molar-refractivity contribution in [3.8, 4) is 0 Å². The Morgan fingerprint density at radius 3 is 2.78 bits per heavy atom. The van der Waals surface area contributed by atoms with Crippen molar-refractivity contribution in [3.05, 3.63) is 18.2 Å². The minimum Gasteiger partial charge on any atom is -0.480 e. The van der Waals surface area contributed by atoms with Gasteiger partial charge < -0.3 is 26.2 Å². The highest BCUT2D eigenvalue weighted by atomic mass is 16.4. The molecule has 0 saturated carbocycles. The predicted octanol–water partition coefficient (Wildman–Crippen LogP) is -1.77. The quantitative estimate of drug-likeness (QED) is 0.391. The maximum atomic E-state index is 11.5. The van der Waals surface area contributed by atoms with Gasteiger partial charge in [-0.2, -0.15) is 0 Å². The van der Waals surface area contributed by atoms with Crippen LogP contribution < -0.4 is 11.1 Å². The minimum atomic E-state index is -1.29. The van der Waals surface area contributed by atoms with E-state index in [1.807, 2.05) is 0 Å². The lowest BCUT2D eigenvalue weighted by Crippen LogP contribution is -2.47. The lowest BCUT2D eigenvalue weighted by molar-refractivity contribution is -0.143. The molecule has 8 nitrogen and oxygen atoms in total. The van der Waals surface area contributed by atoms with Crippen molar-refractivity contribution in [1.82, 2.24) is 15.3 Å². The van der Waals surface area contributed by atoms with E-state index in [9.17, 15) is 14.7 Å². The second kappa shape index (κ2) is 6.72. The lowest BCUT2D eigenvalue weighted by Gasteiger charge is -2.16. The van der Waals surface area contributed by atoms with Gasteiger partial charge in [0.15, 0.2) is 0 Å². The molecule has 0 aliphatic rings. The molecule has 2 unspecified atom stereocenters. The third-order valence-corrected chi connectivity index (χ3v) is 2.34. The summed E-state index contributed by atoms with van der Waals surface area (Å²) in [4.78, 5) is 28.9. The first-order valence-corrected chi connectivity index (χ1v) is 5.43. The fraction of sp³-hybridized carbons (Fsp3) is 0.500. The molecule has 0 fully saturated rings. The summed E-state index contributed by atoms with van der Waals surface area (Å²) in [7, 11) is 0. The fourth-order valence-electron chi connectivity index (χ4n) is 1.37. The molecule has 1 rings (SSSR count). The van der Waals surface area contributed by atoms with E-state index in [1.165, 1.54) is 12.5 Å². The molecular weight excluding hydrogens is 240 g/mol. The average Bonchev–Trinajstić information content (AvgIpc) is 2.81. The number of carboxylic acids is 1. The average molecular weight is 256 g/mol. The van der Waals surface area contributed by atoms with Crippen LogP contribution in [-0.2, 0) is 16.0 Å². The number of aromatic amines is 1. The number of nitrogens with two attached hydrogens (primary N) is 1. The van der Waals surface area contributed by atoms with E-state index in [0.717, 1.165) is 0 Å². The molecule has 1 amide bonds. The van der Waals surface area contributed by atoms with Crippen LogP contribution in [0.4, 0.5) is 0 Å². The van der Waals surface area contributed by atoms with Crippen molar-refractivity contribution in [1.29, 1.82) is 0 Å². The number of carbonyl (C=O) groups is 2. The maximum absolute atomic E-state index is 11.5. The van der Waals surface area contributed by atoms with Crippen LogP contribution in [0.25, 0.3) is 0 Å². The number of nitrogens with one attached hydrogen (secondary N) is 2. The van der Waals surface area contributed by atoms with E-state index in [0.29, 0.717) is 5.69 Å². The number of nitrogens with zero attached hydrogens (tertiary/aromatic N) is 1. The van der Waals surface area contributed by atoms with Gasteiger partial charge in [0.25, 0.3) is 0 Å². The van der Waals surface area contributed by atoms with Crippen molar-refractivity contribution >= 4 is 11.9 Å². The molecule has 6 N–H and O–H groups in total. The van der Waals surface area contributed by atoms with Gasteiger partial charge in [-0.15, -0.1) is 0 Å². The fourth-order valence-corrected chi connectivity index (χ4v) is 1.37. The van der Waals surface area contributed by atoms with Gasteiger partial charge >= 0.3 is 5.97 Å². The van der Waals surface area contributed by atoms with Gasteiger partial charge in [-0.25, -0.2) is 9.78 Å². The first-order chi connectivity index (χ1) is 8.54. The smallest absolute Gasteiger partial charge is 0.326 e. The van der Waals surface area contributed by atoms with Gasteiger partial charge in [0.2, 0.25) is 5.91 Å². The molecule has 1 aromatic heterocycles. The number of aliphatic hydroxyl groups is 1. The normalized spacial score (nSPS) is 13.9. The second-order valence-electron chi connectivity index (χ2n) is 3.77. The largest absolute Gasteiger partial charge is 0.480 e. The zero-order chi connectivity index (χ0) is 13.5.